The lowest BCUT2D eigenvalue weighted by Crippen LogP contribution is -2.12. The van der Waals surface area contributed by atoms with Crippen molar-refractivity contribution in [2.75, 3.05) is 6.61 Å². The molecule has 0 radical (unpaired) electrons. The molecule has 4 rings (SSSR count). The molecule has 0 spiro atoms. The average molecular weight is 546 g/mol. The van der Waals surface area contributed by atoms with Crippen molar-refractivity contribution in [3.63, 3.8) is 0 Å². The summed E-state index contributed by atoms with van der Waals surface area (Å²) in [5.41, 5.74) is 2.45. The Morgan fingerprint density at radius 2 is 1.60 bits per heavy atom. The van der Waals surface area contributed by atoms with E-state index in [4.69, 9.17) is 9.47 Å². The summed E-state index contributed by atoms with van der Waals surface area (Å²) in [7, 11) is 0. The molecule has 0 unspecified atom stereocenters. The molecule has 0 saturated carbocycles. The van der Waals surface area contributed by atoms with Gasteiger partial charge in [-0.2, -0.15) is 13.2 Å². The van der Waals surface area contributed by atoms with Gasteiger partial charge < -0.3 is 14.0 Å². The molecule has 4 nitrogen and oxygen atoms in total. The molecule has 0 aliphatic carbocycles. The van der Waals surface area contributed by atoms with Gasteiger partial charge in [-0.25, -0.2) is 4.79 Å². The smallest absolute Gasteiger partial charge is 0.416 e. The van der Waals surface area contributed by atoms with Gasteiger partial charge in [0, 0.05) is 11.1 Å². The van der Waals surface area contributed by atoms with Gasteiger partial charge in [-0.3, -0.25) is 0 Å². The Kier molecular flexibility index (Phi) is 6.94. The number of carbonyl (C=O) groups is 1. The zero-order valence-corrected chi connectivity index (χ0v) is 20.9. The molecule has 0 amide bonds. The van der Waals surface area contributed by atoms with Crippen LogP contribution in [0.1, 0.15) is 36.8 Å². The lowest BCUT2D eigenvalue weighted by molar-refractivity contribution is -0.137. The highest BCUT2D eigenvalue weighted by atomic mass is 79.9. The molecular formula is C27H23BrF3NO3. The van der Waals surface area contributed by atoms with Gasteiger partial charge in [-0.1, -0.05) is 18.2 Å². The van der Waals surface area contributed by atoms with E-state index in [9.17, 15) is 18.0 Å². The van der Waals surface area contributed by atoms with Crippen molar-refractivity contribution in [3.8, 4) is 22.6 Å². The number of halogens is 4. The second-order valence-electron chi connectivity index (χ2n) is 8.19. The SMILES string of the molecule is CCOC(=O)c1c(Br)c2cc(-c3ccc(C(F)(F)F)cc3)ccc2n1-c1ccc(OC(C)C)cc1. The summed E-state index contributed by atoms with van der Waals surface area (Å²) in [6.45, 7) is 5.83. The van der Waals surface area contributed by atoms with Gasteiger partial charge in [-0.05, 0) is 96.4 Å². The van der Waals surface area contributed by atoms with Crippen LogP contribution < -0.4 is 4.74 Å². The van der Waals surface area contributed by atoms with E-state index >= 15 is 0 Å². The Balaban J connectivity index is 1.84. The molecular weight excluding hydrogens is 523 g/mol. The number of ether oxygens (including phenoxy) is 2. The van der Waals surface area contributed by atoms with Crippen molar-refractivity contribution in [1.29, 1.82) is 0 Å². The van der Waals surface area contributed by atoms with Crippen LogP contribution >= 0.6 is 15.9 Å². The molecule has 1 aromatic heterocycles. The number of benzene rings is 3. The number of hydrogen-bond donors (Lipinski definition) is 0. The summed E-state index contributed by atoms with van der Waals surface area (Å²) in [5, 5.41) is 0.730. The minimum absolute atomic E-state index is 0.0288. The quantitative estimate of drug-likeness (QED) is 0.230. The van der Waals surface area contributed by atoms with Crippen molar-refractivity contribution in [3.05, 3.63) is 82.5 Å². The number of fused-ring (bicyclic) bond motifs is 1. The third-order valence-electron chi connectivity index (χ3n) is 5.39. The number of nitrogens with zero attached hydrogens (tertiary/aromatic N) is 1. The van der Waals surface area contributed by atoms with Crippen LogP contribution in [-0.4, -0.2) is 23.2 Å². The fourth-order valence-corrected chi connectivity index (χ4v) is 4.54. The normalized spacial score (nSPS) is 11.8. The van der Waals surface area contributed by atoms with E-state index in [0.29, 0.717) is 21.5 Å². The average Bonchev–Trinajstić information content (AvgIpc) is 3.11. The monoisotopic (exact) mass is 545 g/mol. The molecule has 0 aliphatic heterocycles. The first kappa shape index (κ1) is 24.9. The van der Waals surface area contributed by atoms with Crippen molar-refractivity contribution < 1.29 is 27.4 Å². The van der Waals surface area contributed by atoms with Crippen molar-refractivity contribution in [2.24, 2.45) is 0 Å². The molecule has 1 heterocycles. The Morgan fingerprint density at radius 3 is 2.17 bits per heavy atom. The first-order valence-corrected chi connectivity index (χ1v) is 11.8. The van der Waals surface area contributed by atoms with E-state index < -0.39 is 17.7 Å². The fraction of sp³-hybridized carbons (Fsp3) is 0.222. The van der Waals surface area contributed by atoms with E-state index in [1.54, 1.807) is 11.5 Å². The van der Waals surface area contributed by atoms with Crippen LogP contribution in [0.4, 0.5) is 13.2 Å². The maximum Gasteiger partial charge on any atom is 0.416 e. The maximum atomic E-state index is 13.0. The minimum atomic E-state index is -4.40. The number of alkyl halides is 3. The maximum absolute atomic E-state index is 13.0. The van der Waals surface area contributed by atoms with Gasteiger partial charge in [0.1, 0.15) is 11.4 Å². The van der Waals surface area contributed by atoms with Crippen LogP contribution in [0.15, 0.2) is 71.2 Å². The van der Waals surface area contributed by atoms with Crippen molar-refractivity contribution in [2.45, 2.75) is 33.1 Å². The molecule has 0 bridgehead atoms. The minimum Gasteiger partial charge on any atom is -0.491 e. The standard InChI is InChI=1S/C27H23BrF3NO3/c1-4-34-26(33)25-24(28)22-15-18(17-5-8-19(9-6-17)27(29,30)31)7-14-23(22)32(25)20-10-12-21(13-11-20)35-16(2)3/h5-16H,4H2,1-3H3. The number of esters is 1. The molecule has 0 aliphatic rings. The van der Waals surface area contributed by atoms with Gasteiger partial charge in [-0.15, -0.1) is 0 Å². The van der Waals surface area contributed by atoms with Gasteiger partial charge in [0.15, 0.2) is 0 Å². The summed E-state index contributed by atoms with van der Waals surface area (Å²) in [6, 6.07) is 17.9. The van der Waals surface area contributed by atoms with Crippen molar-refractivity contribution in [1.82, 2.24) is 4.57 Å². The summed E-state index contributed by atoms with van der Waals surface area (Å²) < 4.78 is 52.3. The second-order valence-corrected chi connectivity index (χ2v) is 8.98. The predicted octanol–water partition coefficient (Wildman–Crippen LogP) is 8.04. The Hall–Kier alpha value is -3.26. The van der Waals surface area contributed by atoms with Crippen LogP contribution in [0, 0.1) is 0 Å². The Labute approximate surface area is 209 Å². The zero-order chi connectivity index (χ0) is 25.3. The third-order valence-corrected chi connectivity index (χ3v) is 6.19. The van der Waals surface area contributed by atoms with Gasteiger partial charge >= 0.3 is 12.1 Å². The highest BCUT2D eigenvalue weighted by molar-refractivity contribution is 9.10. The molecule has 8 heteroatoms. The van der Waals surface area contributed by atoms with Gasteiger partial charge in [0.2, 0.25) is 0 Å². The van der Waals surface area contributed by atoms with Crippen LogP contribution in [-0.2, 0) is 10.9 Å². The third kappa shape index (κ3) is 5.07. The largest absolute Gasteiger partial charge is 0.491 e. The number of carbonyl (C=O) groups excluding carboxylic acids is 1. The van der Waals surface area contributed by atoms with Crippen LogP contribution in [0.3, 0.4) is 0 Å². The van der Waals surface area contributed by atoms with E-state index in [2.05, 4.69) is 15.9 Å². The molecule has 3 aromatic carbocycles. The van der Waals surface area contributed by atoms with E-state index in [-0.39, 0.29) is 12.7 Å². The molecule has 0 N–H and O–H groups in total. The first-order valence-electron chi connectivity index (χ1n) is 11.1. The van der Waals surface area contributed by atoms with Crippen LogP contribution in [0.5, 0.6) is 5.75 Å². The second kappa shape index (κ2) is 9.77. The van der Waals surface area contributed by atoms with Crippen LogP contribution in [0.2, 0.25) is 0 Å². The Bertz CT molecular complexity index is 1360. The fourth-order valence-electron chi connectivity index (χ4n) is 3.88. The molecule has 182 valence electrons. The molecule has 35 heavy (non-hydrogen) atoms. The number of hydrogen-bond acceptors (Lipinski definition) is 3. The topological polar surface area (TPSA) is 40.5 Å². The molecule has 0 fully saturated rings. The summed E-state index contributed by atoms with van der Waals surface area (Å²) in [4.78, 5) is 12.9. The molecule has 0 saturated heterocycles. The summed E-state index contributed by atoms with van der Waals surface area (Å²) in [5.74, 6) is 0.218. The molecule has 4 aromatic rings. The summed E-state index contributed by atoms with van der Waals surface area (Å²) in [6.07, 6.45) is -4.37. The van der Waals surface area contributed by atoms with Gasteiger partial charge in [0.25, 0.3) is 0 Å². The number of aromatic nitrogens is 1. The Morgan fingerprint density at radius 1 is 0.971 bits per heavy atom. The van der Waals surface area contributed by atoms with Crippen molar-refractivity contribution >= 4 is 32.8 Å². The highest BCUT2D eigenvalue weighted by Gasteiger charge is 2.30. The van der Waals surface area contributed by atoms with E-state index in [1.165, 1.54) is 12.1 Å². The van der Waals surface area contributed by atoms with E-state index in [0.717, 1.165) is 34.3 Å². The lowest BCUT2D eigenvalue weighted by Gasteiger charge is -2.13. The predicted molar refractivity (Wildman–Crippen MR) is 133 cm³/mol. The zero-order valence-electron chi connectivity index (χ0n) is 19.3. The van der Waals surface area contributed by atoms with Crippen LogP contribution in [0.25, 0.3) is 27.7 Å². The first-order chi connectivity index (χ1) is 16.6. The summed E-state index contributed by atoms with van der Waals surface area (Å²) >= 11 is 3.57. The lowest BCUT2D eigenvalue weighted by atomic mass is 10.0. The van der Waals surface area contributed by atoms with E-state index in [1.807, 2.05) is 56.3 Å². The van der Waals surface area contributed by atoms with Gasteiger partial charge in [0.05, 0.1) is 28.3 Å². The molecule has 0 atom stereocenters. The highest BCUT2D eigenvalue weighted by Crippen LogP contribution is 2.38. The number of rotatable bonds is 6.